The fraction of sp³-hybridized carbons (Fsp3) is 0.562. The first-order valence-corrected chi connectivity index (χ1v) is 21.7. The van der Waals surface area contributed by atoms with E-state index in [9.17, 15) is 19.5 Å². The molecule has 1 aliphatic carbocycles. The van der Waals surface area contributed by atoms with Crippen LogP contribution in [-0.4, -0.2) is 64.5 Å². The SMILES string of the molecule is CC(=O)NCCCCCC(=O)NCc1cccc(-c2ccc([C@@H]3O[C@H](CN4[C@@H](C(=O)NC(C)(C)C)CC[C@H]5CCCC[C@H]54)[C@H](C)[C@H](c4ccc(CO)cc4)O3)cc2)c1. The third-order valence-corrected chi connectivity index (χ3v) is 12.2. The molecule has 7 atom stereocenters. The first-order chi connectivity index (χ1) is 27.9. The van der Waals surface area contributed by atoms with Gasteiger partial charge in [0.2, 0.25) is 17.7 Å². The van der Waals surface area contributed by atoms with Gasteiger partial charge in [0.25, 0.3) is 0 Å². The average molecular weight is 795 g/mol. The van der Waals surface area contributed by atoms with Gasteiger partial charge in [0.15, 0.2) is 6.29 Å². The molecule has 4 N–H and O–H groups in total. The van der Waals surface area contributed by atoms with Gasteiger partial charge in [-0.3, -0.25) is 19.3 Å². The molecule has 3 fully saturated rings. The number of rotatable bonds is 15. The Morgan fingerprint density at radius 1 is 0.810 bits per heavy atom. The van der Waals surface area contributed by atoms with Crippen molar-refractivity contribution in [1.82, 2.24) is 20.9 Å². The molecular formula is C48H66N4O6. The zero-order chi connectivity index (χ0) is 41.2. The van der Waals surface area contributed by atoms with E-state index in [-0.39, 0.29) is 54.0 Å². The van der Waals surface area contributed by atoms with Gasteiger partial charge >= 0.3 is 0 Å². The van der Waals surface area contributed by atoms with Crippen LogP contribution >= 0.6 is 0 Å². The summed E-state index contributed by atoms with van der Waals surface area (Å²) in [7, 11) is 0. The van der Waals surface area contributed by atoms with E-state index in [2.05, 4.69) is 76.3 Å². The molecule has 0 aromatic heterocycles. The van der Waals surface area contributed by atoms with Gasteiger partial charge in [-0.2, -0.15) is 0 Å². The smallest absolute Gasteiger partial charge is 0.237 e. The lowest BCUT2D eigenvalue weighted by Gasteiger charge is -2.51. The summed E-state index contributed by atoms with van der Waals surface area (Å²) in [5, 5.41) is 18.9. The summed E-state index contributed by atoms with van der Waals surface area (Å²) in [6, 6.07) is 24.8. The number of fused-ring (bicyclic) bond motifs is 1. The Kier molecular flexibility index (Phi) is 15.2. The first kappa shape index (κ1) is 43.5. The number of hydrogen-bond acceptors (Lipinski definition) is 7. The average Bonchev–Trinajstić information content (AvgIpc) is 3.21. The van der Waals surface area contributed by atoms with E-state index in [0.717, 1.165) is 71.9 Å². The molecular weight excluding hydrogens is 729 g/mol. The van der Waals surface area contributed by atoms with E-state index in [1.807, 2.05) is 45.0 Å². The third-order valence-electron chi connectivity index (χ3n) is 12.2. The number of amides is 3. The van der Waals surface area contributed by atoms with Crippen LogP contribution in [0.5, 0.6) is 0 Å². The lowest BCUT2D eigenvalue weighted by molar-refractivity contribution is -0.278. The van der Waals surface area contributed by atoms with E-state index < -0.39 is 6.29 Å². The van der Waals surface area contributed by atoms with Crippen molar-refractivity contribution in [3.05, 3.63) is 95.1 Å². The highest BCUT2D eigenvalue weighted by molar-refractivity contribution is 5.82. The van der Waals surface area contributed by atoms with Crippen molar-refractivity contribution in [2.24, 2.45) is 11.8 Å². The predicted octanol–water partition coefficient (Wildman–Crippen LogP) is 7.89. The van der Waals surface area contributed by atoms with Crippen LogP contribution in [0.1, 0.15) is 133 Å². The normalized spacial score (nSPS) is 25.0. The number of carbonyl (C=O) groups excluding carboxylic acids is 3. The standard InChI is InChI=1S/C48H66N4O6/c1-32-43(30-52-41-15-9-8-13-37(41)25-26-42(52)46(56)51-48(3,4)5)57-47(58-45(32)38-19-17-34(31-53)18-20-38)39-23-21-36(22-24-39)40-14-11-12-35(28-40)29-50-44(55)16-7-6-10-27-49-33(2)54/h11-12,14,17-24,28,32,37,41-43,45,47,53H,6-10,13,15-16,25-27,29-31H2,1-5H3,(H,49,54)(H,50,55)(H,51,56)/t32-,37+,41+,42+,43+,45+,47+/m0/s1. The Bertz CT molecular complexity index is 1810. The van der Waals surface area contributed by atoms with Crippen molar-refractivity contribution in [3.63, 3.8) is 0 Å². The molecule has 3 amide bonds. The molecule has 2 aliphatic heterocycles. The molecule has 10 heteroatoms. The summed E-state index contributed by atoms with van der Waals surface area (Å²) < 4.78 is 13.8. The summed E-state index contributed by atoms with van der Waals surface area (Å²) in [4.78, 5) is 40.0. The van der Waals surface area contributed by atoms with Crippen LogP contribution < -0.4 is 16.0 Å². The zero-order valence-electron chi connectivity index (χ0n) is 35.3. The molecule has 3 aromatic carbocycles. The number of nitrogens with one attached hydrogen (secondary N) is 3. The largest absolute Gasteiger partial charge is 0.392 e. The molecule has 0 radical (unpaired) electrons. The molecule has 0 bridgehead atoms. The summed E-state index contributed by atoms with van der Waals surface area (Å²) in [5.41, 5.74) is 5.65. The second kappa shape index (κ2) is 20.2. The number of benzene rings is 3. The van der Waals surface area contributed by atoms with Crippen molar-refractivity contribution in [2.75, 3.05) is 13.1 Å². The minimum absolute atomic E-state index is 0.00377. The van der Waals surface area contributed by atoms with Crippen LogP contribution in [0.4, 0.5) is 0 Å². The highest BCUT2D eigenvalue weighted by Crippen LogP contribution is 2.44. The number of unbranched alkanes of at least 4 members (excludes halogenated alkanes) is 2. The van der Waals surface area contributed by atoms with Gasteiger partial charge in [0.05, 0.1) is 24.9 Å². The monoisotopic (exact) mass is 794 g/mol. The minimum Gasteiger partial charge on any atom is -0.392 e. The third kappa shape index (κ3) is 11.8. The number of aliphatic hydroxyl groups excluding tert-OH is 1. The highest BCUT2D eigenvalue weighted by Gasteiger charge is 2.46. The maximum atomic E-state index is 13.9. The van der Waals surface area contributed by atoms with Crippen LogP contribution in [0.3, 0.4) is 0 Å². The fourth-order valence-corrected chi connectivity index (χ4v) is 9.10. The van der Waals surface area contributed by atoms with E-state index in [0.29, 0.717) is 38.0 Å². The molecule has 3 aliphatic rings. The van der Waals surface area contributed by atoms with E-state index in [4.69, 9.17) is 9.47 Å². The van der Waals surface area contributed by atoms with Gasteiger partial charge in [0.1, 0.15) is 0 Å². The number of hydrogen-bond donors (Lipinski definition) is 4. The van der Waals surface area contributed by atoms with Gasteiger partial charge in [0, 0.05) is 56.0 Å². The maximum Gasteiger partial charge on any atom is 0.237 e. The number of likely N-dealkylation sites (tertiary alicyclic amines) is 1. The molecule has 1 saturated carbocycles. The van der Waals surface area contributed by atoms with Gasteiger partial charge < -0.3 is 30.5 Å². The van der Waals surface area contributed by atoms with Crippen molar-refractivity contribution < 1.29 is 29.0 Å². The number of nitrogens with zero attached hydrogens (tertiary/aromatic N) is 1. The Labute approximate surface area is 345 Å². The summed E-state index contributed by atoms with van der Waals surface area (Å²) >= 11 is 0. The molecule has 6 rings (SSSR count). The van der Waals surface area contributed by atoms with Gasteiger partial charge in [-0.1, -0.05) is 92.9 Å². The van der Waals surface area contributed by atoms with Crippen molar-refractivity contribution in [1.29, 1.82) is 0 Å². The quantitative estimate of drug-likeness (QED) is 0.115. The van der Waals surface area contributed by atoms with Crippen LogP contribution in [0.25, 0.3) is 11.1 Å². The Morgan fingerprint density at radius 2 is 1.55 bits per heavy atom. The van der Waals surface area contributed by atoms with Crippen LogP contribution in [-0.2, 0) is 37.0 Å². The van der Waals surface area contributed by atoms with E-state index in [1.165, 1.54) is 26.2 Å². The predicted molar refractivity (Wildman–Crippen MR) is 227 cm³/mol. The molecule has 3 aromatic rings. The van der Waals surface area contributed by atoms with Gasteiger partial charge in [-0.15, -0.1) is 0 Å². The lowest BCUT2D eigenvalue weighted by atomic mass is 9.75. The molecule has 0 unspecified atom stereocenters. The van der Waals surface area contributed by atoms with Crippen molar-refractivity contribution in [3.8, 4) is 11.1 Å². The van der Waals surface area contributed by atoms with E-state index in [1.54, 1.807) is 0 Å². The Morgan fingerprint density at radius 3 is 2.28 bits per heavy atom. The molecule has 314 valence electrons. The summed E-state index contributed by atoms with van der Waals surface area (Å²) in [5.74, 6) is 0.711. The summed E-state index contributed by atoms with van der Waals surface area (Å²) in [6.07, 6.45) is 8.66. The zero-order valence-corrected chi connectivity index (χ0v) is 35.3. The van der Waals surface area contributed by atoms with Crippen LogP contribution in [0.2, 0.25) is 0 Å². The summed E-state index contributed by atoms with van der Waals surface area (Å²) in [6.45, 7) is 11.6. The van der Waals surface area contributed by atoms with Crippen molar-refractivity contribution >= 4 is 17.7 Å². The molecule has 2 saturated heterocycles. The van der Waals surface area contributed by atoms with Crippen LogP contribution in [0.15, 0.2) is 72.8 Å². The maximum absolute atomic E-state index is 13.9. The van der Waals surface area contributed by atoms with Gasteiger partial charge in [-0.05, 0) is 99.1 Å². The topological polar surface area (TPSA) is 129 Å². The van der Waals surface area contributed by atoms with E-state index >= 15 is 0 Å². The second-order valence-corrected chi connectivity index (χ2v) is 17.9. The lowest BCUT2D eigenvalue weighted by Crippen LogP contribution is -2.61. The fourth-order valence-electron chi connectivity index (χ4n) is 9.10. The van der Waals surface area contributed by atoms with Crippen molar-refractivity contribution in [2.45, 2.75) is 148 Å². The second-order valence-electron chi connectivity index (χ2n) is 17.9. The number of piperidine rings is 1. The molecule has 0 spiro atoms. The molecule has 2 heterocycles. The number of carbonyl (C=O) groups is 3. The minimum atomic E-state index is -0.612. The Hall–Kier alpha value is -4.09. The highest BCUT2D eigenvalue weighted by atomic mass is 16.7. The Balaban J connectivity index is 1.17. The van der Waals surface area contributed by atoms with Crippen LogP contribution in [0, 0.1) is 11.8 Å². The number of aliphatic hydroxyl groups is 1. The first-order valence-electron chi connectivity index (χ1n) is 21.7. The molecule has 58 heavy (non-hydrogen) atoms. The number of ether oxygens (including phenoxy) is 2. The molecule has 10 nitrogen and oxygen atoms in total. The van der Waals surface area contributed by atoms with Gasteiger partial charge in [-0.25, -0.2) is 0 Å².